The Balaban J connectivity index is 0. The van der Waals surface area contributed by atoms with E-state index in [1.807, 2.05) is 0 Å². The van der Waals surface area contributed by atoms with Crippen molar-refractivity contribution in [3.05, 3.63) is 0 Å². The van der Waals surface area contributed by atoms with Gasteiger partial charge in [0.1, 0.15) is 0 Å². The normalized spacial score (nSPS) is 12.7. The quantitative estimate of drug-likeness (QED) is 0.0612. The summed E-state index contributed by atoms with van der Waals surface area (Å²) in [6.45, 7) is 5.19. The Morgan fingerprint density at radius 3 is 1.18 bits per heavy atom. The smallest absolute Gasteiger partial charge is 0.326 e. The maximum Gasteiger partial charge on any atom is 0.326 e. The van der Waals surface area contributed by atoms with Gasteiger partial charge in [-0.2, -0.15) is 0 Å². The van der Waals surface area contributed by atoms with E-state index in [4.69, 9.17) is 19.6 Å². The Morgan fingerprint density at radius 2 is 0.842 bits per heavy atom. The standard InChI is InChI=1S/C27H60N2O6P2.BrH/c1-4-5-6-7-8-9-10-11-12-13-14-15-16-17-18-19-24-29(2,3)25-20-21-28(22-26-36(30,31)32)23-27-37(33,34)35;/h4-27H2,1-3H3,(H3-,30,31,32,33,34,35);1H. The van der Waals surface area contributed by atoms with Crippen molar-refractivity contribution in [3.63, 3.8) is 0 Å². The summed E-state index contributed by atoms with van der Waals surface area (Å²) in [5.74, 6) is 0. The SMILES string of the molecule is CCCCCCCCCCCCCCCCCC[N+](C)(C)CCCN(CCP(=O)(O)O)CCP(=O)(O)O.[Br-]. The molecule has 0 fully saturated rings. The highest BCUT2D eigenvalue weighted by molar-refractivity contribution is 7.52. The fourth-order valence-electron chi connectivity index (χ4n) is 4.80. The lowest BCUT2D eigenvalue weighted by molar-refractivity contribution is -0.890. The van der Waals surface area contributed by atoms with Gasteiger partial charge in [0.05, 0.1) is 39.5 Å². The van der Waals surface area contributed by atoms with Gasteiger partial charge in [0.15, 0.2) is 0 Å². The molecule has 232 valence electrons. The third kappa shape index (κ3) is 31.2. The molecule has 0 aliphatic heterocycles. The molecule has 0 heterocycles. The van der Waals surface area contributed by atoms with Gasteiger partial charge in [0, 0.05) is 26.1 Å². The molecule has 0 radical (unpaired) electrons. The van der Waals surface area contributed by atoms with Crippen LogP contribution in [0.4, 0.5) is 0 Å². The summed E-state index contributed by atoms with van der Waals surface area (Å²) in [7, 11) is -3.84. The summed E-state index contributed by atoms with van der Waals surface area (Å²) in [6, 6.07) is 0. The topological polar surface area (TPSA) is 118 Å². The Bertz CT molecular complexity index is 605. The van der Waals surface area contributed by atoms with E-state index < -0.39 is 15.2 Å². The molecule has 0 saturated carbocycles. The van der Waals surface area contributed by atoms with Crippen LogP contribution >= 0.6 is 15.2 Å². The average Bonchev–Trinajstić information content (AvgIpc) is 2.79. The van der Waals surface area contributed by atoms with Crippen molar-refractivity contribution in [2.75, 3.05) is 59.1 Å². The van der Waals surface area contributed by atoms with E-state index in [0.29, 0.717) is 6.54 Å². The predicted molar refractivity (Wildman–Crippen MR) is 156 cm³/mol. The van der Waals surface area contributed by atoms with E-state index in [0.717, 1.165) is 24.0 Å². The van der Waals surface area contributed by atoms with Crippen LogP contribution in [0.5, 0.6) is 0 Å². The van der Waals surface area contributed by atoms with Crippen LogP contribution in [0.2, 0.25) is 0 Å². The first-order valence-corrected chi connectivity index (χ1v) is 18.6. The van der Waals surface area contributed by atoms with Gasteiger partial charge >= 0.3 is 15.2 Å². The predicted octanol–water partition coefficient (Wildman–Crippen LogP) is 3.38. The van der Waals surface area contributed by atoms with E-state index in [2.05, 4.69) is 21.0 Å². The highest BCUT2D eigenvalue weighted by Gasteiger charge is 2.21. The van der Waals surface area contributed by atoms with Crippen molar-refractivity contribution in [2.24, 2.45) is 0 Å². The number of nitrogens with zero attached hydrogens (tertiary/aromatic N) is 2. The molecule has 8 nitrogen and oxygen atoms in total. The zero-order valence-corrected chi connectivity index (χ0v) is 28.1. The molecular formula is C27H61BrN2O6P2. The van der Waals surface area contributed by atoms with Gasteiger partial charge in [-0.25, -0.2) is 0 Å². The van der Waals surface area contributed by atoms with Gasteiger partial charge in [0.2, 0.25) is 0 Å². The average molecular weight is 652 g/mol. The van der Waals surface area contributed by atoms with Crippen LogP contribution in [0.25, 0.3) is 0 Å². The molecule has 0 aliphatic rings. The van der Waals surface area contributed by atoms with Crippen molar-refractivity contribution >= 4 is 15.2 Å². The molecule has 0 aromatic rings. The van der Waals surface area contributed by atoms with Gasteiger partial charge in [-0.15, -0.1) is 0 Å². The summed E-state index contributed by atoms with van der Waals surface area (Å²) < 4.78 is 23.3. The number of rotatable bonds is 27. The molecule has 0 saturated heterocycles. The fourth-order valence-corrected chi connectivity index (χ4v) is 5.89. The molecule has 0 bridgehead atoms. The van der Waals surface area contributed by atoms with Crippen LogP contribution in [0.15, 0.2) is 0 Å². The minimum absolute atomic E-state index is 0. The maximum absolute atomic E-state index is 11.2. The number of hydrogen-bond acceptors (Lipinski definition) is 3. The molecule has 4 N–H and O–H groups in total. The molecule has 0 aromatic heterocycles. The van der Waals surface area contributed by atoms with Crippen molar-refractivity contribution in [1.82, 2.24) is 4.90 Å². The first-order valence-electron chi connectivity index (χ1n) is 15.0. The van der Waals surface area contributed by atoms with Gasteiger partial charge in [0.25, 0.3) is 0 Å². The molecular weight excluding hydrogens is 590 g/mol. The van der Waals surface area contributed by atoms with Crippen LogP contribution < -0.4 is 17.0 Å². The zero-order valence-electron chi connectivity index (χ0n) is 24.7. The molecule has 0 rings (SSSR count). The summed E-state index contributed by atoms with van der Waals surface area (Å²) in [6.07, 6.45) is 22.1. The van der Waals surface area contributed by atoms with Crippen molar-refractivity contribution in [3.8, 4) is 0 Å². The number of halogens is 1. The lowest BCUT2D eigenvalue weighted by Crippen LogP contribution is -3.00. The molecule has 0 aromatic carbocycles. The van der Waals surface area contributed by atoms with Crippen LogP contribution in [0.1, 0.15) is 116 Å². The van der Waals surface area contributed by atoms with Gasteiger partial charge in [-0.05, 0) is 12.8 Å². The maximum atomic E-state index is 11.2. The van der Waals surface area contributed by atoms with E-state index in [1.54, 1.807) is 4.90 Å². The van der Waals surface area contributed by atoms with E-state index in [9.17, 15) is 9.13 Å². The minimum Gasteiger partial charge on any atom is -1.00 e. The Kier molecular flexibility index (Phi) is 26.1. The highest BCUT2D eigenvalue weighted by Crippen LogP contribution is 2.35. The lowest BCUT2D eigenvalue weighted by Gasteiger charge is -2.31. The molecule has 38 heavy (non-hydrogen) atoms. The zero-order chi connectivity index (χ0) is 28.0. The van der Waals surface area contributed by atoms with Gasteiger partial charge < -0.3 is 45.9 Å². The summed E-state index contributed by atoms with van der Waals surface area (Å²) >= 11 is 0. The number of hydrogen-bond donors (Lipinski definition) is 4. The molecule has 0 atom stereocenters. The first kappa shape index (κ1) is 40.8. The largest absolute Gasteiger partial charge is 1.00 e. The van der Waals surface area contributed by atoms with E-state index in [1.165, 1.54) is 103 Å². The molecule has 0 aliphatic carbocycles. The van der Waals surface area contributed by atoms with Crippen molar-refractivity contribution in [1.29, 1.82) is 0 Å². The Morgan fingerprint density at radius 1 is 0.526 bits per heavy atom. The third-order valence-electron chi connectivity index (χ3n) is 7.27. The minimum atomic E-state index is -4.13. The summed E-state index contributed by atoms with van der Waals surface area (Å²) in [4.78, 5) is 38.4. The number of quaternary nitrogens is 1. The van der Waals surface area contributed by atoms with Crippen LogP contribution in [-0.2, 0) is 9.13 Å². The van der Waals surface area contributed by atoms with Crippen LogP contribution in [-0.4, -0.2) is 88.1 Å². The fraction of sp³-hybridized carbons (Fsp3) is 1.00. The molecule has 0 amide bonds. The van der Waals surface area contributed by atoms with Crippen LogP contribution in [0, 0.1) is 0 Å². The molecule has 0 unspecified atom stereocenters. The monoisotopic (exact) mass is 650 g/mol. The van der Waals surface area contributed by atoms with Gasteiger partial charge in [-0.1, -0.05) is 96.8 Å². The highest BCUT2D eigenvalue weighted by atomic mass is 79.9. The Hall–Kier alpha value is 0.700. The second-order valence-corrected chi connectivity index (χ2v) is 15.2. The third-order valence-corrected chi connectivity index (χ3v) is 8.83. The van der Waals surface area contributed by atoms with E-state index in [-0.39, 0.29) is 42.4 Å². The van der Waals surface area contributed by atoms with Gasteiger partial charge in [-0.3, -0.25) is 9.13 Å². The Labute approximate surface area is 245 Å². The van der Waals surface area contributed by atoms with Crippen molar-refractivity contribution in [2.45, 2.75) is 116 Å². The number of unbranched alkanes of at least 4 members (excludes halogenated alkanes) is 15. The summed E-state index contributed by atoms with van der Waals surface area (Å²) in [5.41, 5.74) is 0. The lowest BCUT2D eigenvalue weighted by atomic mass is 10.0. The van der Waals surface area contributed by atoms with Crippen LogP contribution in [0.3, 0.4) is 0 Å². The molecule has 0 spiro atoms. The summed E-state index contributed by atoms with van der Waals surface area (Å²) in [5, 5.41) is 0. The molecule has 11 heteroatoms. The van der Waals surface area contributed by atoms with Crippen molar-refractivity contribution < 1.29 is 50.2 Å². The van der Waals surface area contributed by atoms with E-state index >= 15 is 0 Å². The second kappa shape index (κ2) is 24.3. The second-order valence-electron chi connectivity index (χ2n) is 11.7. The first-order chi connectivity index (χ1) is 17.3.